The Morgan fingerprint density at radius 3 is 0.738 bits per heavy atom. The van der Waals surface area contributed by atoms with Crippen LogP contribution < -0.4 is 0 Å². The van der Waals surface area contributed by atoms with E-state index in [1.165, 1.54) is 250 Å². The summed E-state index contributed by atoms with van der Waals surface area (Å²) in [6.07, 6.45) is 63.6. The largest absolute Gasteiger partial charge is 0.472 e. The predicted octanol–water partition coefficient (Wildman–Crippen LogP) is 25.3. The summed E-state index contributed by atoms with van der Waals surface area (Å²) in [5.74, 6) is 0.304. The molecule has 0 amide bonds. The number of hydrogen-bond acceptors (Lipinski definition) is 15. The molecule has 17 nitrogen and oxygen atoms in total. The van der Waals surface area contributed by atoms with E-state index in [1.54, 1.807) is 0 Å². The van der Waals surface area contributed by atoms with E-state index in [0.717, 1.165) is 108 Å². The number of phosphoric acid groups is 2. The second-order valence-electron chi connectivity index (χ2n) is 31.2. The Morgan fingerprint density at radius 2 is 0.495 bits per heavy atom. The Kier molecular flexibility index (Phi) is 72.8. The van der Waals surface area contributed by atoms with Gasteiger partial charge in [0.1, 0.15) is 19.3 Å². The molecule has 0 aromatic carbocycles. The first-order valence-electron chi connectivity index (χ1n) is 43.4. The Hall–Kier alpha value is -1.94. The quantitative estimate of drug-likeness (QED) is 0.0222. The maximum absolute atomic E-state index is 13.1. The number of hydrogen-bond donors (Lipinski definition) is 3. The SMILES string of the molecule is CCCCCCCCCCCCCCCCCCCC(=O)OC[C@H](COP(=O)(O)OC[C@@H](O)COP(=O)(O)OC[C@@H](COC(=O)CCCCCCCCCCC(C)CC)OC(=O)CCCCCCCCCCCCCCCC(C)C)OC(=O)CCCCCCCCCCCCCCCCC(C)CC. The highest BCUT2D eigenvalue weighted by Crippen LogP contribution is 2.45. The first kappa shape index (κ1) is 101. The lowest BCUT2D eigenvalue weighted by molar-refractivity contribution is -0.161. The summed E-state index contributed by atoms with van der Waals surface area (Å²) >= 11 is 0. The fourth-order valence-electron chi connectivity index (χ4n) is 13.0. The van der Waals surface area contributed by atoms with Gasteiger partial charge < -0.3 is 33.8 Å². The second kappa shape index (κ2) is 74.2. The zero-order valence-electron chi connectivity index (χ0n) is 67.8. The standard InChI is InChI=1S/C84H164O17P2/c1-8-11-12-13-14-15-16-17-18-19-20-26-31-36-44-51-58-65-81(86)94-71-79(100-83(88)67-60-53-46-37-32-27-22-21-25-30-35-42-49-56-63-76(6)9-2)73-98-102(90,91)96-69-78(85)70-97-103(92,93)99-74-80(72-95-82(87)66-59-52-45-40-39-43-50-57-64-77(7)10-3)101-84(89)68-61-54-47-38-33-28-23-24-29-34-41-48-55-62-75(4)5/h75-80,85H,8-74H2,1-7H3,(H,90,91)(H,92,93)/t76?,77?,78-,79-,80-/m1/s1. The first-order chi connectivity index (χ1) is 49.8. The molecule has 0 aromatic heterocycles. The van der Waals surface area contributed by atoms with Crippen molar-refractivity contribution in [1.82, 2.24) is 0 Å². The number of phosphoric ester groups is 2. The molecule has 0 heterocycles. The van der Waals surface area contributed by atoms with Gasteiger partial charge in [-0.1, -0.05) is 389 Å². The fourth-order valence-corrected chi connectivity index (χ4v) is 14.5. The highest BCUT2D eigenvalue weighted by atomic mass is 31.2. The molecule has 4 unspecified atom stereocenters. The summed E-state index contributed by atoms with van der Waals surface area (Å²) in [6, 6.07) is 0. The molecule has 0 saturated carbocycles. The lowest BCUT2D eigenvalue weighted by atomic mass is 9.99. The van der Waals surface area contributed by atoms with E-state index >= 15 is 0 Å². The molecule has 0 radical (unpaired) electrons. The number of carbonyl (C=O) groups is 4. The van der Waals surface area contributed by atoms with Gasteiger partial charge in [0.2, 0.25) is 0 Å². The van der Waals surface area contributed by atoms with E-state index in [4.69, 9.17) is 37.0 Å². The Balaban J connectivity index is 5.27. The average Bonchev–Trinajstić information content (AvgIpc) is 0.915. The number of carbonyl (C=O) groups excluding carboxylic acids is 4. The van der Waals surface area contributed by atoms with E-state index in [9.17, 15) is 43.2 Å². The van der Waals surface area contributed by atoms with Gasteiger partial charge in [0, 0.05) is 25.7 Å². The highest BCUT2D eigenvalue weighted by Gasteiger charge is 2.30. The maximum Gasteiger partial charge on any atom is 0.472 e. The van der Waals surface area contributed by atoms with Gasteiger partial charge in [-0.3, -0.25) is 37.3 Å². The molecule has 0 aromatic rings. The number of ether oxygens (including phenoxy) is 4. The Morgan fingerprint density at radius 1 is 0.282 bits per heavy atom. The van der Waals surface area contributed by atoms with Gasteiger partial charge >= 0.3 is 39.5 Å². The Labute approximate surface area is 632 Å². The van der Waals surface area contributed by atoms with Crippen molar-refractivity contribution < 1.29 is 80.2 Å². The van der Waals surface area contributed by atoms with Crippen molar-refractivity contribution in [2.75, 3.05) is 39.6 Å². The van der Waals surface area contributed by atoms with Crippen molar-refractivity contribution in [1.29, 1.82) is 0 Å². The summed E-state index contributed by atoms with van der Waals surface area (Å²) in [5.41, 5.74) is 0. The summed E-state index contributed by atoms with van der Waals surface area (Å²) in [6.45, 7) is 12.0. The molecule has 19 heteroatoms. The minimum Gasteiger partial charge on any atom is -0.462 e. The number of unbranched alkanes of at least 4 members (excludes halogenated alkanes) is 48. The van der Waals surface area contributed by atoms with Crippen molar-refractivity contribution in [3.63, 3.8) is 0 Å². The molecule has 0 fully saturated rings. The van der Waals surface area contributed by atoms with Crippen LogP contribution in [0.3, 0.4) is 0 Å². The second-order valence-corrected chi connectivity index (χ2v) is 34.1. The molecule has 0 saturated heterocycles. The lowest BCUT2D eigenvalue weighted by Gasteiger charge is -2.21. The molecule has 0 aliphatic heterocycles. The van der Waals surface area contributed by atoms with Crippen LogP contribution in [0.4, 0.5) is 0 Å². The van der Waals surface area contributed by atoms with Crippen LogP contribution in [0.5, 0.6) is 0 Å². The first-order valence-corrected chi connectivity index (χ1v) is 46.4. The fraction of sp³-hybridized carbons (Fsp3) is 0.952. The third-order valence-electron chi connectivity index (χ3n) is 20.4. The zero-order valence-corrected chi connectivity index (χ0v) is 69.6. The molecular weight excluding hydrogens is 1340 g/mol. The van der Waals surface area contributed by atoms with E-state index in [0.29, 0.717) is 25.7 Å². The van der Waals surface area contributed by atoms with Gasteiger partial charge in [0.05, 0.1) is 26.4 Å². The van der Waals surface area contributed by atoms with Gasteiger partial charge in [0.15, 0.2) is 12.2 Å². The van der Waals surface area contributed by atoms with E-state index in [2.05, 4.69) is 48.5 Å². The van der Waals surface area contributed by atoms with Crippen molar-refractivity contribution >= 4 is 39.5 Å². The predicted molar refractivity (Wildman–Crippen MR) is 423 cm³/mol. The van der Waals surface area contributed by atoms with Crippen molar-refractivity contribution in [2.45, 2.75) is 458 Å². The van der Waals surface area contributed by atoms with Crippen molar-refractivity contribution in [2.24, 2.45) is 17.8 Å². The Bertz CT molecular complexity index is 2000. The van der Waals surface area contributed by atoms with E-state index < -0.39 is 97.5 Å². The molecule has 0 rings (SSSR count). The number of aliphatic hydroxyl groups excluding tert-OH is 1. The van der Waals surface area contributed by atoms with Crippen LogP contribution in [0.1, 0.15) is 440 Å². The highest BCUT2D eigenvalue weighted by molar-refractivity contribution is 7.47. The van der Waals surface area contributed by atoms with Gasteiger partial charge in [-0.2, -0.15) is 0 Å². The summed E-state index contributed by atoms with van der Waals surface area (Å²) in [4.78, 5) is 73.2. The molecule has 0 spiro atoms. The third-order valence-corrected chi connectivity index (χ3v) is 22.3. The molecule has 0 aliphatic carbocycles. The molecule has 0 aliphatic rings. The monoisotopic (exact) mass is 1510 g/mol. The topological polar surface area (TPSA) is 237 Å². The summed E-state index contributed by atoms with van der Waals surface area (Å²) < 4.78 is 68.9. The van der Waals surface area contributed by atoms with Gasteiger partial charge in [0.25, 0.3) is 0 Å². The van der Waals surface area contributed by atoms with Gasteiger partial charge in [-0.15, -0.1) is 0 Å². The zero-order chi connectivity index (χ0) is 75.8. The normalized spacial score (nSPS) is 14.4. The number of aliphatic hydroxyl groups is 1. The van der Waals surface area contributed by atoms with Crippen LogP contribution in [0, 0.1) is 17.8 Å². The van der Waals surface area contributed by atoms with Crippen LogP contribution in [0.2, 0.25) is 0 Å². The number of esters is 4. The average molecular weight is 1510 g/mol. The smallest absolute Gasteiger partial charge is 0.462 e. The van der Waals surface area contributed by atoms with Crippen molar-refractivity contribution in [3.05, 3.63) is 0 Å². The van der Waals surface area contributed by atoms with Gasteiger partial charge in [-0.25, -0.2) is 9.13 Å². The molecule has 7 atom stereocenters. The van der Waals surface area contributed by atoms with Crippen LogP contribution in [-0.2, 0) is 65.4 Å². The van der Waals surface area contributed by atoms with Crippen LogP contribution in [0.15, 0.2) is 0 Å². The van der Waals surface area contributed by atoms with Crippen molar-refractivity contribution in [3.8, 4) is 0 Å². The third kappa shape index (κ3) is 75.3. The van der Waals surface area contributed by atoms with Gasteiger partial charge in [-0.05, 0) is 43.4 Å². The van der Waals surface area contributed by atoms with Crippen LogP contribution in [0.25, 0.3) is 0 Å². The number of rotatable bonds is 82. The summed E-state index contributed by atoms with van der Waals surface area (Å²) in [7, 11) is -9.93. The van der Waals surface area contributed by atoms with E-state index in [-0.39, 0.29) is 25.7 Å². The maximum atomic E-state index is 13.1. The molecule has 0 bridgehead atoms. The minimum absolute atomic E-state index is 0.107. The van der Waals surface area contributed by atoms with Crippen LogP contribution >= 0.6 is 15.6 Å². The molecule has 103 heavy (non-hydrogen) atoms. The van der Waals surface area contributed by atoms with E-state index in [1.807, 2.05) is 0 Å². The lowest BCUT2D eigenvalue weighted by Crippen LogP contribution is -2.30. The molecule has 612 valence electrons. The molecular formula is C84H164O17P2. The summed E-state index contributed by atoms with van der Waals surface area (Å²) in [5, 5.41) is 10.7. The van der Waals surface area contributed by atoms with Crippen LogP contribution in [-0.4, -0.2) is 96.7 Å². The minimum atomic E-state index is -4.96. The molecule has 3 N–H and O–H groups in total.